The number of anilines is 1. The molecule has 1 radical (unpaired) electrons. The number of aliphatic hydroxyl groups is 1. The summed E-state index contributed by atoms with van der Waals surface area (Å²) in [6.45, 7) is 3.62. The first-order valence-electron chi connectivity index (χ1n) is 5.74. The van der Waals surface area contributed by atoms with Crippen LogP contribution in [0.25, 0.3) is 11.0 Å². The van der Waals surface area contributed by atoms with Crippen molar-refractivity contribution in [1.29, 1.82) is 5.26 Å². The molecule has 3 N–H and O–H groups in total. The Kier molecular flexibility index (Phi) is 2.45. The average Bonchev–Trinajstić information content (AvgIpc) is 2.94. The monoisotopic (exact) mass is 258 g/mol. The molecular weight excluding hydrogens is 246 g/mol. The summed E-state index contributed by atoms with van der Waals surface area (Å²) in [7, 11) is 0. The lowest BCUT2D eigenvalue weighted by Gasteiger charge is -2.19. The molecule has 2 aromatic rings. The predicted molar refractivity (Wildman–Crippen MR) is 66.4 cm³/mol. The number of hydrogen-bond donors (Lipinski definition) is 2. The van der Waals surface area contributed by atoms with Crippen molar-refractivity contribution in [3.63, 3.8) is 0 Å². The van der Waals surface area contributed by atoms with Gasteiger partial charge in [0, 0.05) is 12.6 Å². The van der Waals surface area contributed by atoms with Crippen molar-refractivity contribution in [3.8, 4) is 6.07 Å². The van der Waals surface area contributed by atoms with E-state index in [-0.39, 0.29) is 6.42 Å². The van der Waals surface area contributed by atoms with E-state index < -0.39 is 17.9 Å². The van der Waals surface area contributed by atoms with Gasteiger partial charge in [-0.2, -0.15) is 5.26 Å². The highest BCUT2D eigenvalue weighted by molar-refractivity contribution is 5.86. The lowest BCUT2D eigenvalue weighted by molar-refractivity contribution is -0.0362. The second-order valence-electron chi connectivity index (χ2n) is 4.54. The zero-order chi connectivity index (χ0) is 13.6. The SMILES string of the molecule is [CH2][C@]1(C#N)OC(n2ccc3c(N)ncnc32)CC1O. The highest BCUT2D eigenvalue weighted by Gasteiger charge is 2.46. The second-order valence-corrected chi connectivity index (χ2v) is 4.54. The highest BCUT2D eigenvalue weighted by Crippen LogP contribution is 2.37. The van der Waals surface area contributed by atoms with E-state index in [1.165, 1.54) is 6.33 Å². The molecule has 3 heterocycles. The van der Waals surface area contributed by atoms with Gasteiger partial charge >= 0.3 is 0 Å². The lowest BCUT2D eigenvalue weighted by Crippen LogP contribution is -2.34. The molecule has 0 spiro atoms. The molecular formula is C12H12N5O2. The minimum absolute atomic E-state index is 0.269. The summed E-state index contributed by atoms with van der Waals surface area (Å²) in [6, 6.07) is 3.66. The molecule has 0 aromatic carbocycles. The summed E-state index contributed by atoms with van der Waals surface area (Å²) in [4.78, 5) is 8.06. The number of ether oxygens (including phenoxy) is 1. The molecule has 1 aliphatic heterocycles. The summed E-state index contributed by atoms with van der Waals surface area (Å²) in [5.74, 6) is 0.378. The van der Waals surface area contributed by atoms with Crippen LogP contribution in [0, 0.1) is 18.3 Å². The van der Waals surface area contributed by atoms with Crippen molar-refractivity contribution in [2.45, 2.75) is 24.4 Å². The molecule has 97 valence electrons. The molecule has 2 unspecified atom stereocenters. The number of aliphatic hydroxyl groups excluding tert-OH is 1. The first-order valence-corrected chi connectivity index (χ1v) is 5.74. The molecule has 2 aromatic heterocycles. The van der Waals surface area contributed by atoms with Gasteiger partial charge in [-0.15, -0.1) is 0 Å². The second kappa shape index (κ2) is 3.91. The highest BCUT2D eigenvalue weighted by atomic mass is 16.5. The van der Waals surface area contributed by atoms with Gasteiger partial charge < -0.3 is 20.1 Å². The molecule has 0 amide bonds. The van der Waals surface area contributed by atoms with Crippen LogP contribution in [0.2, 0.25) is 0 Å². The molecule has 1 fully saturated rings. The van der Waals surface area contributed by atoms with Gasteiger partial charge in [0.05, 0.1) is 5.39 Å². The van der Waals surface area contributed by atoms with Crippen LogP contribution in [-0.2, 0) is 4.74 Å². The van der Waals surface area contributed by atoms with Crippen LogP contribution in [0.5, 0.6) is 0 Å². The quantitative estimate of drug-likeness (QED) is 0.765. The number of nitrogen functional groups attached to an aromatic ring is 1. The Balaban J connectivity index is 2.04. The molecule has 3 atom stereocenters. The number of fused-ring (bicyclic) bond motifs is 1. The maximum atomic E-state index is 9.86. The van der Waals surface area contributed by atoms with Crippen molar-refractivity contribution in [3.05, 3.63) is 25.5 Å². The van der Waals surface area contributed by atoms with Crippen molar-refractivity contribution < 1.29 is 9.84 Å². The number of nitrogens with zero attached hydrogens (tertiary/aromatic N) is 4. The van der Waals surface area contributed by atoms with Gasteiger partial charge in [-0.1, -0.05) is 0 Å². The lowest BCUT2D eigenvalue weighted by atomic mass is 10.0. The predicted octanol–water partition coefficient (Wildman–Crippen LogP) is 0.390. The Hall–Kier alpha value is -2.17. The fraction of sp³-hybridized carbons (Fsp3) is 0.333. The molecule has 7 heteroatoms. The van der Waals surface area contributed by atoms with Crippen molar-refractivity contribution in [2.75, 3.05) is 5.73 Å². The van der Waals surface area contributed by atoms with Gasteiger partial charge in [-0.05, 0) is 13.0 Å². The number of hydrogen-bond acceptors (Lipinski definition) is 6. The topological polar surface area (TPSA) is 110 Å². The van der Waals surface area contributed by atoms with Crippen LogP contribution in [0.1, 0.15) is 12.6 Å². The van der Waals surface area contributed by atoms with E-state index in [0.29, 0.717) is 16.9 Å². The van der Waals surface area contributed by atoms with Crippen LogP contribution in [0.4, 0.5) is 5.82 Å². The normalized spacial score (nSPS) is 30.6. The van der Waals surface area contributed by atoms with Gasteiger partial charge in [-0.25, -0.2) is 9.97 Å². The van der Waals surface area contributed by atoms with Gasteiger partial charge in [-0.3, -0.25) is 0 Å². The third-order valence-electron chi connectivity index (χ3n) is 3.35. The summed E-state index contributed by atoms with van der Waals surface area (Å²) in [6.07, 6.45) is 1.93. The van der Waals surface area contributed by atoms with E-state index in [4.69, 9.17) is 15.7 Å². The summed E-state index contributed by atoms with van der Waals surface area (Å²) < 4.78 is 7.27. The van der Waals surface area contributed by atoms with E-state index in [9.17, 15) is 5.11 Å². The third kappa shape index (κ3) is 1.65. The Morgan fingerprint density at radius 1 is 1.63 bits per heavy atom. The van der Waals surface area contributed by atoms with Crippen LogP contribution in [-0.4, -0.2) is 31.3 Å². The smallest absolute Gasteiger partial charge is 0.182 e. The minimum atomic E-state index is -1.44. The molecule has 1 aliphatic rings. The van der Waals surface area contributed by atoms with E-state index >= 15 is 0 Å². The number of nitrogens with two attached hydrogens (primary N) is 1. The Labute approximate surface area is 109 Å². The molecule has 7 nitrogen and oxygen atoms in total. The van der Waals surface area contributed by atoms with Gasteiger partial charge in [0.2, 0.25) is 0 Å². The van der Waals surface area contributed by atoms with E-state index in [1.54, 1.807) is 16.8 Å². The Bertz CT molecular complexity index is 676. The van der Waals surface area contributed by atoms with Crippen molar-refractivity contribution in [2.24, 2.45) is 0 Å². The zero-order valence-electron chi connectivity index (χ0n) is 10.0. The summed E-state index contributed by atoms with van der Waals surface area (Å²) in [5, 5.41) is 19.6. The Morgan fingerprint density at radius 2 is 2.42 bits per heavy atom. The van der Waals surface area contributed by atoms with E-state index in [1.807, 2.05) is 6.07 Å². The summed E-state index contributed by atoms with van der Waals surface area (Å²) >= 11 is 0. The maximum absolute atomic E-state index is 9.86. The van der Waals surface area contributed by atoms with Gasteiger partial charge in [0.15, 0.2) is 5.60 Å². The summed E-state index contributed by atoms with van der Waals surface area (Å²) in [5.41, 5.74) is 4.91. The largest absolute Gasteiger partial charge is 0.389 e. The van der Waals surface area contributed by atoms with Crippen LogP contribution in [0.15, 0.2) is 18.6 Å². The van der Waals surface area contributed by atoms with Crippen LogP contribution >= 0.6 is 0 Å². The number of nitriles is 1. The van der Waals surface area contributed by atoms with Crippen molar-refractivity contribution >= 4 is 16.9 Å². The molecule has 3 rings (SSSR count). The molecule has 0 saturated carbocycles. The number of aromatic nitrogens is 3. The van der Waals surface area contributed by atoms with Crippen LogP contribution < -0.4 is 5.73 Å². The molecule has 1 saturated heterocycles. The van der Waals surface area contributed by atoms with Gasteiger partial charge in [0.1, 0.15) is 36.2 Å². The fourth-order valence-electron chi connectivity index (χ4n) is 2.24. The van der Waals surface area contributed by atoms with E-state index in [2.05, 4.69) is 16.9 Å². The zero-order valence-corrected chi connectivity index (χ0v) is 10.0. The average molecular weight is 258 g/mol. The maximum Gasteiger partial charge on any atom is 0.182 e. The standard InChI is InChI=1S/C12H12N5O2/c1-12(5-13)8(18)4-9(19-12)17-3-2-7-10(14)15-6-16-11(7)17/h2-3,6,8-9,18H,1,4H2,(H2,14,15,16)/t8?,9?,12-/m1/s1. The third-order valence-corrected chi connectivity index (χ3v) is 3.35. The Morgan fingerprint density at radius 3 is 3.11 bits per heavy atom. The van der Waals surface area contributed by atoms with Crippen molar-refractivity contribution in [1.82, 2.24) is 14.5 Å². The minimum Gasteiger partial charge on any atom is -0.389 e. The van der Waals surface area contributed by atoms with Gasteiger partial charge in [0.25, 0.3) is 0 Å². The molecule has 0 bridgehead atoms. The van der Waals surface area contributed by atoms with Crippen LogP contribution in [0.3, 0.4) is 0 Å². The first-order chi connectivity index (χ1) is 9.05. The fourth-order valence-corrected chi connectivity index (χ4v) is 2.24. The molecule has 19 heavy (non-hydrogen) atoms. The first kappa shape index (κ1) is 11.9. The molecule has 0 aliphatic carbocycles. The number of rotatable bonds is 1. The van der Waals surface area contributed by atoms with E-state index in [0.717, 1.165) is 0 Å².